The number of nitrogens with zero attached hydrogens (tertiary/aromatic N) is 2. The van der Waals surface area contributed by atoms with Crippen LogP contribution in [0.3, 0.4) is 0 Å². The van der Waals surface area contributed by atoms with Gasteiger partial charge >= 0.3 is 0 Å². The van der Waals surface area contributed by atoms with Crippen LogP contribution in [0.2, 0.25) is 0 Å². The zero-order chi connectivity index (χ0) is 17.4. The minimum Gasteiger partial charge on any atom is -0.504 e. The number of halogens is 1. The minimum atomic E-state index is 0.0678. The van der Waals surface area contributed by atoms with Gasteiger partial charge < -0.3 is 9.84 Å². The average molecular weight is 395 g/mol. The lowest BCUT2D eigenvalue weighted by atomic mass is 10.1. The molecule has 124 valence electrons. The van der Waals surface area contributed by atoms with Gasteiger partial charge in [0.05, 0.1) is 23.7 Å². The molecular weight excluding hydrogens is 380 g/mol. The van der Waals surface area contributed by atoms with E-state index in [0.717, 1.165) is 21.2 Å². The van der Waals surface area contributed by atoms with Crippen molar-refractivity contribution in [3.05, 3.63) is 71.2 Å². The molecule has 1 heterocycles. The summed E-state index contributed by atoms with van der Waals surface area (Å²) in [6, 6.07) is 21.5. The van der Waals surface area contributed by atoms with E-state index in [-0.39, 0.29) is 5.75 Å². The molecule has 0 unspecified atom stereocenters. The highest BCUT2D eigenvalue weighted by Gasteiger charge is 2.19. The second-order valence-electron chi connectivity index (χ2n) is 5.60. The fourth-order valence-electron chi connectivity index (χ4n) is 2.95. The van der Waals surface area contributed by atoms with Crippen molar-refractivity contribution in [1.82, 2.24) is 9.55 Å². The summed E-state index contributed by atoms with van der Waals surface area (Å²) in [6.07, 6.45) is 0. The van der Waals surface area contributed by atoms with Crippen LogP contribution in [0, 0.1) is 0 Å². The molecule has 1 aromatic heterocycles. The molecule has 0 aliphatic heterocycles. The number of aromatic nitrogens is 2. The zero-order valence-corrected chi connectivity index (χ0v) is 15.1. The quantitative estimate of drug-likeness (QED) is 0.521. The first-order valence-corrected chi connectivity index (χ1v) is 8.58. The Hall–Kier alpha value is -2.79. The van der Waals surface area contributed by atoms with E-state index in [4.69, 9.17) is 9.72 Å². The lowest BCUT2D eigenvalue weighted by Crippen LogP contribution is -1.98. The average Bonchev–Trinajstić information content (AvgIpc) is 3.03. The Bertz CT molecular complexity index is 1060. The number of fused-ring (bicyclic) bond motifs is 1. The molecule has 0 spiro atoms. The molecule has 1 N–H and O–H groups in total. The molecule has 5 heteroatoms. The monoisotopic (exact) mass is 394 g/mol. The molecule has 0 aliphatic carbocycles. The van der Waals surface area contributed by atoms with Crippen molar-refractivity contribution in [2.45, 2.75) is 0 Å². The molecule has 0 fully saturated rings. The summed E-state index contributed by atoms with van der Waals surface area (Å²) in [6.45, 7) is 0. The van der Waals surface area contributed by atoms with Gasteiger partial charge in [-0.2, -0.15) is 0 Å². The Morgan fingerprint density at radius 1 is 1.00 bits per heavy atom. The first-order valence-electron chi connectivity index (χ1n) is 7.79. The molecule has 0 aliphatic rings. The highest BCUT2D eigenvalue weighted by molar-refractivity contribution is 9.10. The molecule has 4 aromatic rings. The van der Waals surface area contributed by atoms with Crippen molar-refractivity contribution in [2.24, 2.45) is 0 Å². The number of imidazole rings is 1. The van der Waals surface area contributed by atoms with E-state index in [1.807, 2.05) is 65.2 Å². The highest BCUT2D eigenvalue weighted by atomic mass is 79.9. The fraction of sp³-hybridized carbons (Fsp3) is 0.0500. The first kappa shape index (κ1) is 15.7. The molecule has 0 saturated carbocycles. The Kier molecular flexibility index (Phi) is 3.93. The normalized spacial score (nSPS) is 11.0. The molecule has 0 atom stereocenters. The van der Waals surface area contributed by atoms with Gasteiger partial charge in [-0.25, -0.2) is 4.98 Å². The number of ether oxygens (including phenoxy) is 1. The first-order chi connectivity index (χ1) is 12.2. The van der Waals surface area contributed by atoms with E-state index in [0.29, 0.717) is 17.1 Å². The molecule has 4 rings (SSSR count). The Morgan fingerprint density at radius 2 is 1.72 bits per heavy atom. The van der Waals surface area contributed by atoms with E-state index in [1.165, 1.54) is 7.11 Å². The summed E-state index contributed by atoms with van der Waals surface area (Å²) in [7, 11) is 1.53. The van der Waals surface area contributed by atoms with Crippen LogP contribution in [0.1, 0.15) is 0 Å². The summed E-state index contributed by atoms with van der Waals surface area (Å²) in [5.74, 6) is 1.12. The second-order valence-corrected chi connectivity index (χ2v) is 6.51. The van der Waals surface area contributed by atoms with E-state index < -0.39 is 0 Å². The van der Waals surface area contributed by atoms with Gasteiger partial charge in [0.2, 0.25) is 0 Å². The molecule has 25 heavy (non-hydrogen) atoms. The Labute approximate surface area is 153 Å². The maximum atomic E-state index is 10.7. The fourth-order valence-corrected chi connectivity index (χ4v) is 3.38. The summed E-state index contributed by atoms with van der Waals surface area (Å²) < 4.78 is 8.14. The van der Waals surface area contributed by atoms with Crippen molar-refractivity contribution in [2.75, 3.05) is 7.11 Å². The van der Waals surface area contributed by atoms with Crippen LogP contribution >= 0.6 is 15.9 Å². The Balaban J connectivity index is 2.08. The topological polar surface area (TPSA) is 47.3 Å². The van der Waals surface area contributed by atoms with Gasteiger partial charge in [-0.05, 0) is 36.4 Å². The van der Waals surface area contributed by atoms with Gasteiger partial charge in [-0.3, -0.25) is 4.57 Å². The number of methoxy groups -OCH3 is 1. The van der Waals surface area contributed by atoms with E-state index in [1.54, 1.807) is 6.07 Å². The van der Waals surface area contributed by atoms with Crippen LogP contribution in [-0.2, 0) is 0 Å². The van der Waals surface area contributed by atoms with E-state index in [9.17, 15) is 5.11 Å². The number of hydrogen-bond acceptors (Lipinski definition) is 3. The number of hydrogen-bond donors (Lipinski definition) is 1. The second kappa shape index (κ2) is 6.26. The lowest BCUT2D eigenvalue weighted by molar-refractivity contribution is 0.374. The summed E-state index contributed by atoms with van der Waals surface area (Å²) in [4.78, 5) is 4.76. The molecule has 0 bridgehead atoms. The SMILES string of the molecule is COc1cc(Br)cc(-c2nc3ccccc3n2-c2ccccc2)c1O. The third kappa shape index (κ3) is 2.66. The van der Waals surface area contributed by atoms with Crippen LogP contribution < -0.4 is 4.74 Å². The number of aromatic hydroxyl groups is 1. The van der Waals surface area contributed by atoms with Crippen molar-refractivity contribution < 1.29 is 9.84 Å². The molecule has 0 radical (unpaired) electrons. The predicted octanol–water partition coefficient (Wildman–Crippen LogP) is 5.17. The van der Waals surface area contributed by atoms with Crippen LogP contribution in [0.25, 0.3) is 28.1 Å². The van der Waals surface area contributed by atoms with Crippen LogP contribution in [0.4, 0.5) is 0 Å². The summed E-state index contributed by atoms with van der Waals surface area (Å²) >= 11 is 3.48. The summed E-state index contributed by atoms with van der Waals surface area (Å²) in [5.41, 5.74) is 3.41. The van der Waals surface area contributed by atoms with Crippen LogP contribution in [0.5, 0.6) is 11.5 Å². The summed E-state index contributed by atoms with van der Waals surface area (Å²) in [5, 5.41) is 10.7. The number of rotatable bonds is 3. The zero-order valence-electron chi connectivity index (χ0n) is 13.5. The van der Waals surface area contributed by atoms with Gasteiger partial charge in [0.15, 0.2) is 11.5 Å². The Morgan fingerprint density at radius 3 is 2.48 bits per heavy atom. The molecular formula is C20H15BrN2O2. The number of para-hydroxylation sites is 3. The van der Waals surface area contributed by atoms with Gasteiger partial charge in [0, 0.05) is 10.2 Å². The van der Waals surface area contributed by atoms with Crippen molar-refractivity contribution in [1.29, 1.82) is 0 Å². The van der Waals surface area contributed by atoms with Crippen molar-refractivity contribution in [3.8, 4) is 28.6 Å². The largest absolute Gasteiger partial charge is 0.504 e. The predicted molar refractivity (Wildman–Crippen MR) is 102 cm³/mol. The van der Waals surface area contributed by atoms with E-state index in [2.05, 4.69) is 15.9 Å². The third-order valence-electron chi connectivity index (χ3n) is 4.08. The highest BCUT2D eigenvalue weighted by Crippen LogP contribution is 2.41. The van der Waals surface area contributed by atoms with Crippen molar-refractivity contribution in [3.63, 3.8) is 0 Å². The lowest BCUT2D eigenvalue weighted by Gasteiger charge is -2.13. The van der Waals surface area contributed by atoms with Gasteiger partial charge in [-0.15, -0.1) is 0 Å². The van der Waals surface area contributed by atoms with Crippen LogP contribution in [0.15, 0.2) is 71.2 Å². The smallest absolute Gasteiger partial charge is 0.168 e. The number of benzene rings is 3. The maximum Gasteiger partial charge on any atom is 0.168 e. The van der Waals surface area contributed by atoms with Gasteiger partial charge in [-0.1, -0.05) is 46.3 Å². The molecule has 0 saturated heterocycles. The van der Waals surface area contributed by atoms with Gasteiger partial charge in [0.1, 0.15) is 5.82 Å². The molecule has 4 nitrogen and oxygen atoms in total. The van der Waals surface area contributed by atoms with Gasteiger partial charge in [0.25, 0.3) is 0 Å². The minimum absolute atomic E-state index is 0.0678. The number of phenolic OH excluding ortho intramolecular Hbond substituents is 1. The standard InChI is InChI=1S/C20H15BrN2O2/c1-25-18-12-13(21)11-15(19(18)24)20-22-16-9-5-6-10-17(16)23(20)14-7-3-2-4-8-14/h2-12,24H,1H3. The van der Waals surface area contributed by atoms with E-state index >= 15 is 0 Å². The third-order valence-corrected chi connectivity index (χ3v) is 4.53. The van der Waals surface area contributed by atoms with Crippen LogP contribution in [-0.4, -0.2) is 21.8 Å². The molecule has 0 amide bonds. The molecule has 3 aromatic carbocycles. The van der Waals surface area contributed by atoms with Crippen molar-refractivity contribution >= 4 is 27.0 Å². The maximum absolute atomic E-state index is 10.7. The number of phenols is 1.